The minimum atomic E-state index is -1.37. The predicted molar refractivity (Wildman–Crippen MR) is 91.1 cm³/mol. The van der Waals surface area contributed by atoms with Gasteiger partial charge in [-0.15, -0.1) is 0 Å². The van der Waals surface area contributed by atoms with Crippen LogP contribution in [0, 0.1) is 17.1 Å². The number of rotatable bonds is 6. The van der Waals surface area contributed by atoms with Crippen molar-refractivity contribution in [3.63, 3.8) is 0 Å². The molecule has 0 heterocycles. The van der Waals surface area contributed by atoms with E-state index in [0.717, 1.165) is 0 Å². The average molecular weight is 405 g/mol. The summed E-state index contributed by atoms with van der Waals surface area (Å²) in [5, 5.41) is 19.9. The molecule has 0 unspecified atom stereocenters. The Kier molecular flexibility index (Phi) is 6.14. The molecule has 0 N–H and O–H groups in total. The number of allylic oxidation sites excluding steroid dienone is 1. The predicted octanol–water partition coefficient (Wildman–Crippen LogP) is 2.79. The SMILES string of the molecule is COc1cc(/C=C(\C#N)c2cccc(F)c2)cc(Br)c1OCC(=O)[O-]. The minimum Gasteiger partial charge on any atom is -0.546 e. The Labute approximate surface area is 152 Å². The lowest BCUT2D eigenvalue weighted by molar-refractivity contribution is -0.307. The molecule has 0 aliphatic heterocycles. The number of methoxy groups -OCH3 is 1. The molecule has 0 aliphatic carbocycles. The van der Waals surface area contributed by atoms with Gasteiger partial charge in [-0.1, -0.05) is 12.1 Å². The van der Waals surface area contributed by atoms with E-state index in [1.54, 1.807) is 24.3 Å². The molecule has 0 amide bonds. The smallest absolute Gasteiger partial charge is 0.175 e. The molecule has 0 atom stereocenters. The zero-order valence-corrected chi connectivity index (χ0v) is 14.7. The van der Waals surface area contributed by atoms with Gasteiger partial charge < -0.3 is 19.4 Å². The van der Waals surface area contributed by atoms with Gasteiger partial charge in [0.15, 0.2) is 11.5 Å². The van der Waals surface area contributed by atoms with Crippen molar-refractivity contribution in [3.05, 3.63) is 57.8 Å². The van der Waals surface area contributed by atoms with Crippen molar-refractivity contribution in [1.29, 1.82) is 5.26 Å². The number of halogens is 2. The van der Waals surface area contributed by atoms with E-state index in [2.05, 4.69) is 15.9 Å². The lowest BCUT2D eigenvalue weighted by atomic mass is 10.0. The van der Waals surface area contributed by atoms with Gasteiger partial charge in [0, 0.05) is 0 Å². The van der Waals surface area contributed by atoms with Crippen molar-refractivity contribution in [1.82, 2.24) is 0 Å². The van der Waals surface area contributed by atoms with E-state index in [1.807, 2.05) is 6.07 Å². The lowest BCUT2D eigenvalue weighted by Gasteiger charge is -2.14. The van der Waals surface area contributed by atoms with Crippen LogP contribution in [0.4, 0.5) is 4.39 Å². The second kappa shape index (κ2) is 8.31. The van der Waals surface area contributed by atoms with Crippen LogP contribution in [0.15, 0.2) is 40.9 Å². The summed E-state index contributed by atoms with van der Waals surface area (Å²) < 4.78 is 24.1. The van der Waals surface area contributed by atoms with Gasteiger partial charge in [0.25, 0.3) is 0 Å². The Morgan fingerprint density at radius 2 is 2.16 bits per heavy atom. The lowest BCUT2D eigenvalue weighted by Crippen LogP contribution is -2.29. The molecule has 0 aliphatic rings. The second-order valence-electron chi connectivity index (χ2n) is 4.87. The monoisotopic (exact) mass is 404 g/mol. The fourth-order valence-electron chi connectivity index (χ4n) is 2.10. The molecule has 128 valence electrons. The van der Waals surface area contributed by atoms with Crippen molar-refractivity contribution >= 4 is 33.5 Å². The highest BCUT2D eigenvalue weighted by molar-refractivity contribution is 9.10. The third-order valence-electron chi connectivity index (χ3n) is 3.15. The van der Waals surface area contributed by atoms with E-state index < -0.39 is 18.4 Å². The number of carboxylic acids is 1. The van der Waals surface area contributed by atoms with Crippen LogP contribution in [-0.2, 0) is 4.79 Å². The third kappa shape index (κ3) is 4.81. The number of carboxylic acid groups (broad SMARTS) is 1. The van der Waals surface area contributed by atoms with Crippen molar-refractivity contribution in [3.8, 4) is 17.6 Å². The van der Waals surface area contributed by atoms with Crippen molar-refractivity contribution in [2.75, 3.05) is 13.7 Å². The fraction of sp³-hybridized carbons (Fsp3) is 0.111. The van der Waals surface area contributed by atoms with Crippen molar-refractivity contribution < 1.29 is 23.8 Å². The van der Waals surface area contributed by atoms with Crippen molar-refractivity contribution in [2.45, 2.75) is 0 Å². The Morgan fingerprint density at radius 3 is 2.76 bits per heavy atom. The molecule has 0 saturated heterocycles. The van der Waals surface area contributed by atoms with E-state index in [9.17, 15) is 19.6 Å². The maximum absolute atomic E-state index is 13.4. The molecule has 0 radical (unpaired) electrons. The van der Waals surface area contributed by atoms with Gasteiger partial charge in [0.1, 0.15) is 12.4 Å². The Bertz CT molecular complexity index is 874. The van der Waals surface area contributed by atoms with Crippen molar-refractivity contribution in [2.24, 2.45) is 0 Å². The molecule has 7 heteroatoms. The molecule has 0 spiro atoms. The molecular weight excluding hydrogens is 393 g/mol. The summed E-state index contributed by atoms with van der Waals surface area (Å²) in [6, 6.07) is 10.9. The van der Waals surface area contributed by atoms with Gasteiger partial charge in [-0.2, -0.15) is 5.26 Å². The number of aliphatic carboxylic acids is 1. The Hall–Kier alpha value is -2.85. The van der Waals surface area contributed by atoms with E-state index in [-0.39, 0.29) is 17.1 Å². The molecule has 2 aromatic rings. The van der Waals surface area contributed by atoms with Gasteiger partial charge in [0.05, 0.1) is 29.2 Å². The van der Waals surface area contributed by atoms with E-state index in [0.29, 0.717) is 15.6 Å². The first-order valence-corrected chi connectivity index (χ1v) is 7.81. The van der Waals surface area contributed by atoms with E-state index in [1.165, 1.54) is 25.3 Å². The summed E-state index contributed by atoms with van der Waals surface area (Å²) in [7, 11) is 1.40. The molecule has 0 aromatic heterocycles. The molecule has 5 nitrogen and oxygen atoms in total. The standard InChI is InChI=1S/C18H13BrFNO4/c1-24-16-7-11(6-15(19)18(16)25-10-17(22)23)5-13(9-21)12-3-2-4-14(20)8-12/h2-8H,10H2,1H3,(H,22,23)/p-1/b13-5+. The molecular formula is C18H12BrFNO4-. The number of benzene rings is 2. The maximum atomic E-state index is 13.4. The first kappa shape index (κ1) is 18.5. The van der Waals surface area contributed by atoms with Crippen LogP contribution in [0.25, 0.3) is 11.6 Å². The topological polar surface area (TPSA) is 82.4 Å². The number of ether oxygens (including phenoxy) is 2. The first-order valence-electron chi connectivity index (χ1n) is 7.02. The van der Waals surface area contributed by atoms with Gasteiger partial charge in [0.2, 0.25) is 0 Å². The number of hydrogen-bond acceptors (Lipinski definition) is 5. The number of nitrogens with zero attached hydrogens (tertiary/aromatic N) is 1. The van der Waals surface area contributed by atoms with Crippen LogP contribution < -0.4 is 14.6 Å². The number of carbonyl (C=O) groups is 1. The highest BCUT2D eigenvalue weighted by atomic mass is 79.9. The molecule has 2 aromatic carbocycles. The Balaban J connectivity index is 2.43. The van der Waals surface area contributed by atoms with Crippen LogP contribution in [0.3, 0.4) is 0 Å². The summed E-state index contributed by atoms with van der Waals surface area (Å²) in [5.41, 5.74) is 1.29. The minimum absolute atomic E-state index is 0.202. The zero-order chi connectivity index (χ0) is 18.4. The maximum Gasteiger partial charge on any atom is 0.175 e. The van der Waals surface area contributed by atoms with Crippen LogP contribution in [-0.4, -0.2) is 19.7 Å². The van der Waals surface area contributed by atoms with Gasteiger partial charge in [-0.3, -0.25) is 0 Å². The molecule has 25 heavy (non-hydrogen) atoms. The average Bonchev–Trinajstić information content (AvgIpc) is 2.58. The summed E-state index contributed by atoms with van der Waals surface area (Å²) in [6.45, 7) is -0.628. The van der Waals surface area contributed by atoms with Crippen LogP contribution in [0.2, 0.25) is 0 Å². The van der Waals surface area contributed by atoms with Gasteiger partial charge in [-0.05, 0) is 57.4 Å². The fourth-order valence-corrected chi connectivity index (χ4v) is 2.67. The Morgan fingerprint density at radius 1 is 1.40 bits per heavy atom. The summed E-state index contributed by atoms with van der Waals surface area (Å²) in [6.07, 6.45) is 1.56. The largest absolute Gasteiger partial charge is 0.546 e. The highest BCUT2D eigenvalue weighted by Gasteiger charge is 2.12. The highest BCUT2D eigenvalue weighted by Crippen LogP contribution is 2.37. The van der Waals surface area contributed by atoms with E-state index in [4.69, 9.17) is 9.47 Å². The summed E-state index contributed by atoms with van der Waals surface area (Å²) >= 11 is 3.28. The van der Waals surface area contributed by atoms with Gasteiger partial charge in [-0.25, -0.2) is 4.39 Å². The zero-order valence-electron chi connectivity index (χ0n) is 13.1. The number of hydrogen-bond donors (Lipinski definition) is 0. The summed E-state index contributed by atoms with van der Waals surface area (Å²) in [5.74, 6) is -1.33. The summed E-state index contributed by atoms with van der Waals surface area (Å²) in [4.78, 5) is 10.6. The number of nitriles is 1. The third-order valence-corrected chi connectivity index (χ3v) is 3.74. The van der Waals surface area contributed by atoms with Crippen LogP contribution in [0.5, 0.6) is 11.5 Å². The number of carbonyl (C=O) groups excluding carboxylic acids is 1. The van der Waals surface area contributed by atoms with E-state index >= 15 is 0 Å². The van der Waals surface area contributed by atoms with Crippen LogP contribution >= 0.6 is 15.9 Å². The molecule has 0 fully saturated rings. The quantitative estimate of drug-likeness (QED) is 0.545. The molecule has 0 saturated carbocycles. The molecule has 2 rings (SSSR count). The normalized spacial score (nSPS) is 10.9. The first-order chi connectivity index (χ1) is 11.9. The second-order valence-corrected chi connectivity index (χ2v) is 5.73. The molecule has 0 bridgehead atoms. The van der Waals surface area contributed by atoms with Crippen LogP contribution in [0.1, 0.15) is 11.1 Å². The van der Waals surface area contributed by atoms with Gasteiger partial charge >= 0.3 is 0 Å².